The van der Waals surface area contributed by atoms with Gasteiger partial charge in [0.05, 0.1) is 12.2 Å². The van der Waals surface area contributed by atoms with Crippen molar-refractivity contribution >= 4 is 5.78 Å². The van der Waals surface area contributed by atoms with E-state index in [1.54, 1.807) is 0 Å². The molecule has 0 saturated heterocycles. The van der Waals surface area contributed by atoms with Crippen LogP contribution in [0.1, 0.15) is 10.4 Å². The summed E-state index contributed by atoms with van der Waals surface area (Å²) in [6.07, 6.45) is -4.39. The molecule has 1 aromatic rings. The van der Waals surface area contributed by atoms with Gasteiger partial charge in [-0.2, -0.15) is 13.2 Å². The number of rotatable bonds is 5. The van der Waals surface area contributed by atoms with Crippen LogP contribution in [0.2, 0.25) is 0 Å². The number of ketones is 1. The number of aromatic hydroxyl groups is 1. The molecule has 1 aromatic carbocycles. The van der Waals surface area contributed by atoms with E-state index in [2.05, 4.69) is 0 Å². The summed E-state index contributed by atoms with van der Waals surface area (Å²) in [6, 6.07) is 5.30. The van der Waals surface area contributed by atoms with E-state index in [1.165, 1.54) is 24.3 Å². The summed E-state index contributed by atoms with van der Waals surface area (Å²) in [4.78, 5) is 11.6. The maximum absolute atomic E-state index is 12.6. The molecular weight excluding hydrogens is 263 g/mol. The number of phenolic OH excluding ortho intramolecular Hbond substituents is 1. The first-order chi connectivity index (χ1) is 8.86. The molecule has 7 heteroatoms. The molecule has 0 aliphatic rings. The molecule has 0 fully saturated rings. The minimum Gasteiger partial charge on any atom is -0.507 e. The van der Waals surface area contributed by atoms with Gasteiger partial charge in [0.1, 0.15) is 11.4 Å². The van der Waals surface area contributed by atoms with Crippen molar-refractivity contribution in [2.24, 2.45) is 0 Å². The maximum Gasteiger partial charge on any atom is 0.431 e. The lowest BCUT2D eigenvalue weighted by Crippen LogP contribution is -2.29. The number of hydrogen-bond donors (Lipinski definition) is 3. The van der Waals surface area contributed by atoms with Crippen molar-refractivity contribution in [3.63, 3.8) is 0 Å². The molecule has 4 nitrogen and oxygen atoms in total. The zero-order chi connectivity index (χ0) is 14.5. The topological polar surface area (TPSA) is 69.6 Å². The van der Waals surface area contributed by atoms with Crippen LogP contribution in [0, 0.1) is 0 Å². The van der Waals surface area contributed by atoms with E-state index in [9.17, 15) is 23.1 Å². The van der Waals surface area contributed by atoms with Gasteiger partial charge >= 0.3 is 6.18 Å². The highest BCUT2D eigenvalue weighted by molar-refractivity contribution is 6.06. The van der Waals surface area contributed by atoms with Gasteiger partial charge < -0.3 is 15.5 Å². The van der Waals surface area contributed by atoms with E-state index in [4.69, 9.17) is 5.11 Å². The van der Waals surface area contributed by atoms with Gasteiger partial charge in [0.15, 0.2) is 5.78 Å². The van der Waals surface area contributed by atoms with Crippen molar-refractivity contribution in [1.29, 1.82) is 0 Å². The molecule has 19 heavy (non-hydrogen) atoms. The van der Waals surface area contributed by atoms with Crippen molar-refractivity contribution in [1.82, 2.24) is 5.32 Å². The molecule has 0 unspecified atom stereocenters. The standard InChI is InChI=1S/C12H12F3NO3/c13-12(14,15)11(16-5-6-17)7-10(19)8-3-1-2-4-9(8)18/h1-4,7,16-18H,5-6H2/b11-7-. The molecular formula is C12H12F3NO3. The van der Waals surface area contributed by atoms with Crippen LogP contribution in [0.15, 0.2) is 36.0 Å². The largest absolute Gasteiger partial charge is 0.507 e. The van der Waals surface area contributed by atoms with Crippen LogP contribution in [0.3, 0.4) is 0 Å². The number of carbonyl (C=O) groups is 1. The Morgan fingerprint density at radius 3 is 2.47 bits per heavy atom. The molecule has 0 atom stereocenters. The number of carbonyl (C=O) groups excluding carboxylic acids is 1. The van der Waals surface area contributed by atoms with Crippen molar-refractivity contribution in [2.45, 2.75) is 6.18 Å². The van der Waals surface area contributed by atoms with Gasteiger partial charge in [-0.1, -0.05) is 12.1 Å². The summed E-state index contributed by atoms with van der Waals surface area (Å²) in [6.45, 7) is -0.836. The third-order valence-corrected chi connectivity index (χ3v) is 2.18. The van der Waals surface area contributed by atoms with Crippen molar-refractivity contribution in [3.05, 3.63) is 41.6 Å². The quantitative estimate of drug-likeness (QED) is 0.564. The number of benzene rings is 1. The number of nitrogens with one attached hydrogen (secondary N) is 1. The minimum atomic E-state index is -4.74. The molecule has 3 N–H and O–H groups in total. The number of allylic oxidation sites excluding steroid dienone is 2. The van der Waals surface area contributed by atoms with Gasteiger partial charge in [0.2, 0.25) is 0 Å². The second-order valence-corrected chi connectivity index (χ2v) is 3.59. The zero-order valence-electron chi connectivity index (χ0n) is 9.74. The Bertz CT molecular complexity index is 483. The second kappa shape index (κ2) is 6.24. The van der Waals surface area contributed by atoms with E-state index in [1.807, 2.05) is 5.32 Å². The molecule has 0 aromatic heterocycles. The highest BCUT2D eigenvalue weighted by Gasteiger charge is 2.34. The molecule has 104 valence electrons. The normalized spacial score (nSPS) is 12.3. The molecule has 0 spiro atoms. The van der Waals surface area contributed by atoms with E-state index < -0.39 is 30.0 Å². The molecule has 0 amide bonds. The van der Waals surface area contributed by atoms with Gasteiger partial charge in [-0.05, 0) is 12.1 Å². The van der Waals surface area contributed by atoms with Crippen LogP contribution in [-0.4, -0.2) is 35.3 Å². The molecule has 0 saturated carbocycles. The predicted molar refractivity (Wildman–Crippen MR) is 61.7 cm³/mol. The minimum absolute atomic E-state index is 0.227. The zero-order valence-corrected chi connectivity index (χ0v) is 9.74. The summed E-state index contributed by atoms with van der Waals surface area (Å²) in [7, 11) is 0. The number of alkyl halides is 3. The average molecular weight is 275 g/mol. The van der Waals surface area contributed by atoms with E-state index >= 15 is 0 Å². The van der Waals surface area contributed by atoms with Gasteiger partial charge in [-0.3, -0.25) is 4.79 Å². The molecule has 0 bridgehead atoms. The SMILES string of the molecule is O=C(/C=C(\NCCO)C(F)(F)F)c1ccccc1O. The molecule has 0 aliphatic heterocycles. The molecule has 0 heterocycles. The Balaban J connectivity index is 3.02. The lowest BCUT2D eigenvalue weighted by atomic mass is 10.1. The summed E-state index contributed by atoms with van der Waals surface area (Å²) in [5.41, 5.74) is -1.50. The van der Waals surface area contributed by atoms with Crippen molar-refractivity contribution in [2.75, 3.05) is 13.2 Å². The lowest BCUT2D eigenvalue weighted by molar-refractivity contribution is -0.0969. The Morgan fingerprint density at radius 2 is 1.95 bits per heavy atom. The van der Waals surface area contributed by atoms with Gasteiger partial charge in [-0.25, -0.2) is 0 Å². The monoisotopic (exact) mass is 275 g/mol. The third-order valence-electron chi connectivity index (χ3n) is 2.18. The van der Waals surface area contributed by atoms with Gasteiger partial charge in [-0.15, -0.1) is 0 Å². The Hall–Kier alpha value is -2.02. The number of aliphatic hydroxyl groups is 1. The fraction of sp³-hybridized carbons (Fsp3) is 0.250. The first kappa shape index (κ1) is 15.0. The number of aliphatic hydroxyl groups excluding tert-OH is 1. The summed E-state index contributed by atoms with van der Waals surface area (Å²) in [5.74, 6) is -1.37. The van der Waals surface area contributed by atoms with E-state index in [-0.39, 0.29) is 12.1 Å². The lowest BCUT2D eigenvalue weighted by Gasteiger charge is -2.13. The van der Waals surface area contributed by atoms with Crippen LogP contribution >= 0.6 is 0 Å². The number of phenols is 1. The van der Waals surface area contributed by atoms with Crippen LogP contribution in [-0.2, 0) is 0 Å². The van der Waals surface area contributed by atoms with Crippen LogP contribution in [0.5, 0.6) is 5.75 Å². The average Bonchev–Trinajstić information content (AvgIpc) is 2.33. The number of halogens is 3. The predicted octanol–water partition coefficient (Wildman–Crippen LogP) is 1.60. The summed E-state index contributed by atoms with van der Waals surface area (Å²) < 4.78 is 37.8. The summed E-state index contributed by atoms with van der Waals surface area (Å²) in [5, 5.41) is 19.8. The van der Waals surface area contributed by atoms with E-state index in [0.717, 1.165) is 0 Å². The van der Waals surface area contributed by atoms with Crippen LogP contribution in [0.25, 0.3) is 0 Å². The Labute approximate surface area is 107 Å². The van der Waals surface area contributed by atoms with E-state index in [0.29, 0.717) is 6.08 Å². The van der Waals surface area contributed by atoms with Crippen molar-refractivity contribution in [3.8, 4) is 5.75 Å². The first-order valence-electron chi connectivity index (χ1n) is 5.32. The highest BCUT2D eigenvalue weighted by atomic mass is 19.4. The van der Waals surface area contributed by atoms with Crippen LogP contribution < -0.4 is 5.32 Å². The van der Waals surface area contributed by atoms with Gasteiger partial charge in [0, 0.05) is 12.6 Å². The third kappa shape index (κ3) is 4.29. The van der Waals surface area contributed by atoms with Crippen LogP contribution in [0.4, 0.5) is 13.2 Å². The van der Waals surface area contributed by atoms with Crippen molar-refractivity contribution < 1.29 is 28.2 Å². The highest BCUT2D eigenvalue weighted by Crippen LogP contribution is 2.25. The van der Waals surface area contributed by atoms with Gasteiger partial charge in [0.25, 0.3) is 0 Å². The Morgan fingerprint density at radius 1 is 1.32 bits per heavy atom. The Kier molecular flexibility index (Phi) is 4.94. The molecule has 0 aliphatic carbocycles. The summed E-state index contributed by atoms with van der Waals surface area (Å²) >= 11 is 0. The molecule has 1 rings (SSSR count). The maximum atomic E-state index is 12.6. The number of hydrogen-bond acceptors (Lipinski definition) is 4. The second-order valence-electron chi connectivity index (χ2n) is 3.59. The smallest absolute Gasteiger partial charge is 0.431 e. The fourth-order valence-corrected chi connectivity index (χ4v) is 1.31. The molecule has 0 radical (unpaired) electrons. The fourth-order valence-electron chi connectivity index (χ4n) is 1.31. The first-order valence-corrected chi connectivity index (χ1v) is 5.32. The number of para-hydroxylation sites is 1.